The molecule has 0 radical (unpaired) electrons. The number of fused-ring (bicyclic) bond motifs is 1. The molecule has 2 amide bonds. The molecule has 7 nitrogen and oxygen atoms in total. The van der Waals surface area contributed by atoms with Gasteiger partial charge in [-0.25, -0.2) is 14.8 Å². The maximum absolute atomic E-state index is 13.3. The average molecular weight is 521 g/mol. The van der Waals surface area contributed by atoms with Crippen LogP contribution in [0.25, 0.3) is 10.2 Å². The molecule has 2 fully saturated rings. The number of aryl methyl sites for hydroxylation is 1. The molecule has 2 aliphatic rings. The molecule has 0 spiro atoms. The maximum Gasteiger partial charge on any atom is 0.407 e. The third-order valence-corrected chi connectivity index (χ3v) is 8.24. The zero-order valence-corrected chi connectivity index (χ0v) is 23.1. The largest absolute Gasteiger partial charge is 0.444 e. The highest BCUT2D eigenvalue weighted by atomic mass is 32.1. The number of nitrogens with one attached hydrogen (secondary N) is 1. The van der Waals surface area contributed by atoms with E-state index in [4.69, 9.17) is 9.72 Å². The zero-order chi connectivity index (χ0) is 26.3. The summed E-state index contributed by atoms with van der Waals surface area (Å²) < 4.78 is 5.41. The highest BCUT2D eigenvalue weighted by Crippen LogP contribution is 2.55. The Morgan fingerprint density at radius 3 is 2.54 bits per heavy atom. The second-order valence-electron chi connectivity index (χ2n) is 11.4. The van der Waals surface area contributed by atoms with Crippen LogP contribution < -0.4 is 5.32 Å². The Balaban J connectivity index is 1.20. The summed E-state index contributed by atoms with van der Waals surface area (Å²) in [5.41, 5.74) is 2.58. The molecule has 3 aromatic rings. The van der Waals surface area contributed by atoms with E-state index in [2.05, 4.69) is 33.9 Å². The van der Waals surface area contributed by atoms with E-state index in [1.165, 1.54) is 10.9 Å². The van der Waals surface area contributed by atoms with E-state index < -0.39 is 11.7 Å². The van der Waals surface area contributed by atoms with Crippen molar-refractivity contribution in [2.75, 3.05) is 7.05 Å². The summed E-state index contributed by atoms with van der Waals surface area (Å²) in [6.45, 7) is 7.53. The number of aromatic nitrogens is 2. The average Bonchev–Trinajstić information content (AvgIpc) is 3.50. The van der Waals surface area contributed by atoms with Gasteiger partial charge in [0.2, 0.25) is 0 Å². The second-order valence-corrected chi connectivity index (χ2v) is 12.3. The SMILES string of the molecule is Cc1nc(C2CC2c2ccc(C(=O)N(C)[C@@H]3CCC[C@@H](NC(=O)OC(C)(C)C)C3)cc2)c2ccsc2n1. The molecule has 2 saturated carbocycles. The summed E-state index contributed by atoms with van der Waals surface area (Å²) in [6.07, 6.45) is 4.22. The number of carbonyl (C=O) groups is 2. The summed E-state index contributed by atoms with van der Waals surface area (Å²) in [5, 5.41) is 6.24. The molecule has 1 aromatic carbocycles. The number of rotatable bonds is 5. The van der Waals surface area contributed by atoms with Crippen LogP contribution in [-0.4, -0.2) is 51.6 Å². The lowest BCUT2D eigenvalue weighted by Gasteiger charge is -2.36. The molecular formula is C29H36N4O3S. The molecule has 0 aliphatic heterocycles. The van der Waals surface area contributed by atoms with Gasteiger partial charge in [0.1, 0.15) is 16.3 Å². The maximum atomic E-state index is 13.3. The monoisotopic (exact) mass is 520 g/mol. The van der Waals surface area contributed by atoms with Gasteiger partial charge >= 0.3 is 6.09 Å². The fourth-order valence-corrected chi connectivity index (χ4v) is 6.32. The van der Waals surface area contributed by atoms with Crippen molar-refractivity contribution in [2.45, 2.75) is 89.3 Å². The Hall–Kier alpha value is -3.00. The van der Waals surface area contributed by atoms with E-state index >= 15 is 0 Å². The summed E-state index contributed by atoms with van der Waals surface area (Å²) >= 11 is 1.66. The Bertz CT molecular complexity index is 1300. The molecule has 2 aliphatic carbocycles. The standard InChI is InChI=1S/C29H36N4O3S/c1-17-30-25(22-13-14-37-26(22)31-17)24-16-23(24)18-9-11-19(12-10-18)27(34)33(5)21-8-6-7-20(15-21)32-28(35)36-29(2,3)4/h9-14,20-21,23-24H,6-8,15-16H2,1-5H3,(H,32,35)/t20-,21-,23?,24?/m1/s1. The van der Waals surface area contributed by atoms with Crippen molar-refractivity contribution in [3.05, 3.63) is 58.4 Å². The van der Waals surface area contributed by atoms with Crippen LogP contribution in [0.1, 0.15) is 92.2 Å². The molecule has 2 heterocycles. The molecule has 8 heteroatoms. The Labute approximate surface area is 222 Å². The quantitative estimate of drug-likeness (QED) is 0.434. The first-order valence-corrected chi connectivity index (χ1v) is 14.1. The number of nitrogens with zero attached hydrogens (tertiary/aromatic N) is 3. The Morgan fingerprint density at radius 1 is 1.05 bits per heavy atom. The molecule has 196 valence electrons. The van der Waals surface area contributed by atoms with Crippen molar-refractivity contribution in [3.8, 4) is 0 Å². The van der Waals surface area contributed by atoms with Gasteiger partial charge in [0.15, 0.2) is 0 Å². The van der Waals surface area contributed by atoms with Crippen LogP contribution in [0, 0.1) is 6.92 Å². The first-order chi connectivity index (χ1) is 17.6. The highest BCUT2D eigenvalue weighted by Gasteiger charge is 2.42. The van der Waals surface area contributed by atoms with E-state index in [0.29, 0.717) is 17.4 Å². The first-order valence-electron chi connectivity index (χ1n) is 13.2. The Kier molecular flexibility index (Phi) is 6.96. The molecule has 5 rings (SSSR count). The van der Waals surface area contributed by atoms with Crippen LogP contribution in [0.15, 0.2) is 35.7 Å². The minimum absolute atomic E-state index is 0.0122. The number of hydrogen-bond donors (Lipinski definition) is 1. The van der Waals surface area contributed by atoms with Gasteiger partial charge in [-0.1, -0.05) is 12.1 Å². The number of alkyl carbamates (subject to hydrolysis) is 1. The smallest absolute Gasteiger partial charge is 0.407 e. The molecule has 4 atom stereocenters. The predicted molar refractivity (Wildman–Crippen MR) is 146 cm³/mol. The van der Waals surface area contributed by atoms with Crippen LogP contribution in [-0.2, 0) is 4.74 Å². The van der Waals surface area contributed by atoms with Crippen molar-refractivity contribution in [1.82, 2.24) is 20.2 Å². The van der Waals surface area contributed by atoms with Gasteiger partial charge in [0.25, 0.3) is 5.91 Å². The predicted octanol–water partition coefficient (Wildman–Crippen LogP) is 6.18. The summed E-state index contributed by atoms with van der Waals surface area (Å²) in [7, 11) is 1.87. The number of benzene rings is 1. The van der Waals surface area contributed by atoms with Crippen LogP contribution in [0.3, 0.4) is 0 Å². The number of ether oxygens (including phenoxy) is 1. The van der Waals surface area contributed by atoms with E-state index in [0.717, 1.165) is 48.5 Å². The molecule has 37 heavy (non-hydrogen) atoms. The van der Waals surface area contributed by atoms with Crippen LogP contribution >= 0.6 is 11.3 Å². The minimum Gasteiger partial charge on any atom is -0.444 e. The van der Waals surface area contributed by atoms with Crippen LogP contribution in [0.5, 0.6) is 0 Å². The summed E-state index contributed by atoms with van der Waals surface area (Å²) in [4.78, 5) is 37.7. The fraction of sp³-hybridized carbons (Fsp3) is 0.517. The van der Waals surface area contributed by atoms with Crippen molar-refractivity contribution in [2.24, 2.45) is 0 Å². The van der Waals surface area contributed by atoms with Crippen molar-refractivity contribution >= 4 is 33.6 Å². The topological polar surface area (TPSA) is 84.4 Å². The number of thiophene rings is 1. The third kappa shape index (κ3) is 5.79. The first kappa shape index (κ1) is 25.6. The lowest BCUT2D eigenvalue weighted by atomic mass is 9.90. The van der Waals surface area contributed by atoms with Gasteiger partial charge in [0.05, 0.1) is 5.69 Å². The van der Waals surface area contributed by atoms with Crippen molar-refractivity contribution in [1.29, 1.82) is 0 Å². The Morgan fingerprint density at radius 2 is 1.81 bits per heavy atom. The fourth-order valence-electron chi connectivity index (χ4n) is 5.50. The minimum atomic E-state index is -0.526. The number of hydrogen-bond acceptors (Lipinski definition) is 6. The summed E-state index contributed by atoms with van der Waals surface area (Å²) in [6, 6.07) is 10.3. The molecule has 2 unspecified atom stereocenters. The van der Waals surface area contributed by atoms with Crippen molar-refractivity contribution < 1.29 is 14.3 Å². The van der Waals surface area contributed by atoms with E-state index in [9.17, 15) is 9.59 Å². The zero-order valence-electron chi connectivity index (χ0n) is 22.3. The van der Waals surface area contributed by atoms with E-state index in [1.54, 1.807) is 11.3 Å². The van der Waals surface area contributed by atoms with Gasteiger partial charge < -0.3 is 15.0 Å². The van der Waals surface area contributed by atoms with Gasteiger partial charge in [-0.15, -0.1) is 11.3 Å². The van der Waals surface area contributed by atoms with Crippen LogP contribution in [0.2, 0.25) is 0 Å². The lowest BCUT2D eigenvalue weighted by molar-refractivity contribution is 0.0469. The van der Waals surface area contributed by atoms with E-state index in [1.807, 2.05) is 51.8 Å². The van der Waals surface area contributed by atoms with Crippen LogP contribution in [0.4, 0.5) is 4.79 Å². The summed E-state index contributed by atoms with van der Waals surface area (Å²) in [5.74, 6) is 1.68. The second kappa shape index (κ2) is 10.0. The molecule has 0 saturated heterocycles. The third-order valence-electron chi connectivity index (χ3n) is 7.43. The lowest BCUT2D eigenvalue weighted by Crippen LogP contribution is -2.47. The van der Waals surface area contributed by atoms with Gasteiger partial charge in [-0.3, -0.25) is 4.79 Å². The van der Waals surface area contributed by atoms with Gasteiger partial charge in [-0.05, 0) is 94.9 Å². The molecule has 1 N–H and O–H groups in total. The normalized spacial score (nSPS) is 23.5. The number of carbonyl (C=O) groups excluding carboxylic acids is 2. The van der Waals surface area contributed by atoms with E-state index in [-0.39, 0.29) is 18.0 Å². The van der Waals surface area contributed by atoms with Gasteiger partial charge in [-0.2, -0.15) is 0 Å². The highest BCUT2D eigenvalue weighted by molar-refractivity contribution is 7.16. The molecule has 2 aromatic heterocycles. The van der Waals surface area contributed by atoms with Crippen molar-refractivity contribution in [3.63, 3.8) is 0 Å². The molecule has 0 bridgehead atoms. The van der Waals surface area contributed by atoms with Gasteiger partial charge in [0, 0.05) is 36.0 Å². The molecular weight excluding hydrogens is 484 g/mol. The number of amides is 2.